The van der Waals surface area contributed by atoms with Gasteiger partial charge in [-0.25, -0.2) is 0 Å². The molecule has 0 fully saturated rings. The van der Waals surface area contributed by atoms with E-state index in [9.17, 15) is 0 Å². The van der Waals surface area contributed by atoms with Gasteiger partial charge in [0.15, 0.2) is 0 Å². The lowest BCUT2D eigenvalue weighted by molar-refractivity contribution is 0.452. The second kappa shape index (κ2) is 6.62. The Balaban J connectivity index is 2.31. The SMILES string of the molecule is CSCc1ccc(CNCC(C)(C)SC)o1. The lowest BCUT2D eigenvalue weighted by Gasteiger charge is -2.21. The maximum Gasteiger partial charge on any atom is 0.118 e. The van der Waals surface area contributed by atoms with Crippen molar-refractivity contribution >= 4 is 23.5 Å². The first kappa shape index (κ1) is 14.0. The molecule has 0 saturated carbocycles. The molecule has 0 spiro atoms. The number of hydrogen-bond acceptors (Lipinski definition) is 4. The fourth-order valence-electron chi connectivity index (χ4n) is 1.30. The van der Waals surface area contributed by atoms with Crippen molar-refractivity contribution in [3.8, 4) is 0 Å². The minimum atomic E-state index is 0.286. The average Bonchev–Trinajstić information content (AvgIpc) is 2.66. The Morgan fingerprint density at radius 2 is 1.94 bits per heavy atom. The van der Waals surface area contributed by atoms with E-state index >= 15 is 0 Å². The topological polar surface area (TPSA) is 25.2 Å². The van der Waals surface area contributed by atoms with E-state index in [4.69, 9.17) is 4.42 Å². The van der Waals surface area contributed by atoms with E-state index in [1.807, 2.05) is 11.8 Å². The zero-order chi connectivity index (χ0) is 12.0. The highest BCUT2D eigenvalue weighted by atomic mass is 32.2. The molecular weight excluding hydrogens is 238 g/mol. The lowest BCUT2D eigenvalue weighted by Crippen LogP contribution is -2.31. The van der Waals surface area contributed by atoms with Crippen LogP contribution in [0.1, 0.15) is 25.4 Å². The van der Waals surface area contributed by atoms with Crippen LogP contribution in [-0.4, -0.2) is 23.8 Å². The van der Waals surface area contributed by atoms with Gasteiger partial charge in [-0.05, 0) is 38.5 Å². The smallest absolute Gasteiger partial charge is 0.118 e. The maximum atomic E-state index is 5.68. The molecule has 1 heterocycles. The van der Waals surface area contributed by atoms with Crippen LogP contribution in [0, 0.1) is 0 Å². The van der Waals surface area contributed by atoms with Gasteiger partial charge in [0, 0.05) is 11.3 Å². The molecule has 0 saturated heterocycles. The molecule has 1 aromatic rings. The van der Waals surface area contributed by atoms with Crippen molar-refractivity contribution in [1.29, 1.82) is 0 Å². The molecule has 2 nitrogen and oxygen atoms in total. The largest absolute Gasteiger partial charge is 0.464 e. The molecule has 0 unspecified atom stereocenters. The summed E-state index contributed by atoms with van der Waals surface area (Å²) in [4.78, 5) is 0. The Morgan fingerprint density at radius 1 is 1.25 bits per heavy atom. The average molecular weight is 259 g/mol. The fraction of sp³-hybridized carbons (Fsp3) is 0.667. The zero-order valence-electron chi connectivity index (χ0n) is 10.5. The molecule has 1 N–H and O–H groups in total. The Labute approximate surface area is 107 Å². The molecule has 0 amide bonds. The Bertz CT molecular complexity index is 310. The Kier molecular flexibility index (Phi) is 5.79. The molecule has 0 aliphatic heterocycles. The Hall–Kier alpha value is -0.0600. The van der Waals surface area contributed by atoms with Gasteiger partial charge in [-0.2, -0.15) is 23.5 Å². The summed E-state index contributed by atoms with van der Waals surface area (Å²) in [5, 5.41) is 3.43. The molecule has 1 rings (SSSR count). The van der Waals surface area contributed by atoms with Crippen molar-refractivity contribution in [3.05, 3.63) is 23.7 Å². The molecule has 0 aliphatic rings. The first-order valence-corrected chi connectivity index (χ1v) is 8.01. The summed E-state index contributed by atoms with van der Waals surface area (Å²) < 4.78 is 5.97. The van der Waals surface area contributed by atoms with Crippen molar-refractivity contribution in [2.45, 2.75) is 30.9 Å². The van der Waals surface area contributed by atoms with E-state index in [1.54, 1.807) is 11.8 Å². The van der Waals surface area contributed by atoms with Crippen LogP contribution in [-0.2, 0) is 12.3 Å². The minimum Gasteiger partial charge on any atom is -0.464 e. The third kappa shape index (κ3) is 4.85. The number of furan rings is 1. The van der Waals surface area contributed by atoms with E-state index in [1.165, 1.54) is 0 Å². The van der Waals surface area contributed by atoms with Crippen LogP contribution >= 0.6 is 23.5 Å². The van der Waals surface area contributed by atoms with Gasteiger partial charge in [-0.3, -0.25) is 0 Å². The molecule has 1 aromatic heterocycles. The maximum absolute atomic E-state index is 5.68. The van der Waals surface area contributed by atoms with Crippen LogP contribution < -0.4 is 5.32 Å². The number of thioether (sulfide) groups is 2. The van der Waals surface area contributed by atoms with Gasteiger partial charge in [-0.15, -0.1) is 0 Å². The van der Waals surface area contributed by atoms with Crippen LogP contribution in [0.15, 0.2) is 16.5 Å². The zero-order valence-corrected chi connectivity index (χ0v) is 12.1. The minimum absolute atomic E-state index is 0.286. The summed E-state index contributed by atoms with van der Waals surface area (Å²) in [5.74, 6) is 3.05. The molecular formula is C12H21NOS2. The standard InChI is InChI=1S/C12H21NOS2/c1-12(2,16-4)9-13-7-10-5-6-11(14-10)8-15-3/h5-6,13H,7-9H2,1-4H3. The lowest BCUT2D eigenvalue weighted by atomic mass is 10.2. The molecule has 0 aliphatic carbocycles. The summed E-state index contributed by atoms with van der Waals surface area (Å²) in [6.45, 7) is 6.29. The Morgan fingerprint density at radius 3 is 2.56 bits per heavy atom. The molecule has 0 bridgehead atoms. The van der Waals surface area contributed by atoms with Crippen LogP contribution in [0.5, 0.6) is 0 Å². The number of nitrogens with one attached hydrogen (secondary N) is 1. The molecule has 16 heavy (non-hydrogen) atoms. The quantitative estimate of drug-likeness (QED) is 0.811. The fourth-order valence-corrected chi connectivity index (χ4v) is 1.98. The van der Waals surface area contributed by atoms with Crippen LogP contribution in [0.4, 0.5) is 0 Å². The predicted molar refractivity (Wildman–Crippen MR) is 75.2 cm³/mol. The normalized spacial score (nSPS) is 12.0. The van der Waals surface area contributed by atoms with E-state index in [2.05, 4.69) is 43.8 Å². The van der Waals surface area contributed by atoms with Crippen molar-refractivity contribution in [1.82, 2.24) is 5.32 Å². The van der Waals surface area contributed by atoms with E-state index in [0.29, 0.717) is 0 Å². The summed E-state index contributed by atoms with van der Waals surface area (Å²) in [7, 11) is 0. The number of hydrogen-bond donors (Lipinski definition) is 1. The van der Waals surface area contributed by atoms with Gasteiger partial charge in [0.05, 0.1) is 12.3 Å². The van der Waals surface area contributed by atoms with Gasteiger partial charge in [0.2, 0.25) is 0 Å². The first-order valence-electron chi connectivity index (χ1n) is 5.40. The second-order valence-corrected chi connectivity index (χ2v) is 6.75. The van der Waals surface area contributed by atoms with E-state index in [0.717, 1.165) is 30.4 Å². The third-order valence-corrected chi connectivity index (χ3v) is 4.23. The molecule has 92 valence electrons. The first-order chi connectivity index (χ1) is 7.57. The van der Waals surface area contributed by atoms with Gasteiger partial charge in [0.25, 0.3) is 0 Å². The summed E-state index contributed by atoms with van der Waals surface area (Å²) >= 11 is 3.66. The van der Waals surface area contributed by atoms with Crippen molar-refractivity contribution in [2.75, 3.05) is 19.1 Å². The third-order valence-electron chi connectivity index (χ3n) is 2.41. The second-order valence-electron chi connectivity index (χ2n) is 4.37. The van der Waals surface area contributed by atoms with Gasteiger partial charge in [0.1, 0.15) is 11.5 Å². The van der Waals surface area contributed by atoms with E-state index < -0.39 is 0 Å². The monoisotopic (exact) mass is 259 g/mol. The van der Waals surface area contributed by atoms with Crippen LogP contribution in [0.3, 0.4) is 0 Å². The van der Waals surface area contributed by atoms with E-state index in [-0.39, 0.29) is 4.75 Å². The van der Waals surface area contributed by atoms with Gasteiger partial charge in [-0.1, -0.05) is 0 Å². The van der Waals surface area contributed by atoms with Crippen molar-refractivity contribution in [3.63, 3.8) is 0 Å². The highest BCUT2D eigenvalue weighted by molar-refractivity contribution is 8.00. The number of rotatable bonds is 7. The van der Waals surface area contributed by atoms with Crippen LogP contribution in [0.2, 0.25) is 0 Å². The molecule has 4 heteroatoms. The van der Waals surface area contributed by atoms with Crippen molar-refractivity contribution < 1.29 is 4.42 Å². The molecule has 0 radical (unpaired) electrons. The molecule has 0 atom stereocenters. The highest BCUT2D eigenvalue weighted by Gasteiger charge is 2.15. The summed E-state index contributed by atoms with van der Waals surface area (Å²) in [6, 6.07) is 4.12. The summed E-state index contributed by atoms with van der Waals surface area (Å²) in [5.41, 5.74) is 0. The summed E-state index contributed by atoms with van der Waals surface area (Å²) in [6.07, 6.45) is 4.23. The highest BCUT2D eigenvalue weighted by Crippen LogP contribution is 2.20. The van der Waals surface area contributed by atoms with Crippen LogP contribution in [0.25, 0.3) is 0 Å². The van der Waals surface area contributed by atoms with Gasteiger partial charge >= 0.3 is 0 Å². The van der Waals surface area contributed by atoms with Gasteiger partial charge < -0.3 is 9.73 Å². The van der Waals surface area contributed by atoms with Crippen molar-refractivity contribution in [2.24, 2.45) is 0 Å². The predicted octanol–water partition coefficient (Wildman–Crippen LogP) is 3.37. The molecule has 0 aromatic carbocycles.